The van der Waals surface area contributed by atoms with Crippen molar-refractivity contribution in [3.8, 4) is 11.3 Å². The molecule has 4 nitrogen and oxygen atoms in total. The molecule has 3 heterocycles. The van der Waals surface area contributed by atoms with E-state index in [1.807, 2.05) is 12.1 Å². The van der Waals surface area contributed by atoms with Crippen LogP contribution in [0.4, 0.5) is 5.00 Å². The summed E-state index contributed by atoms with van der Waals surface area (Å²) in [5.41, 5.74) is 2.83. The highest BCUT2D eigenvalue weighted by molar-refractivity contribution is 7.16. The molecule has 0 unspecified atom stereocenters. The maximum absolute atomic E-state index is 12.8. The van der Waals surface area contributed by atoms with Crippen molar-refractivity contribution in [3.05, 3.63) is 62.1 Å². The van der Waals surface area contributed by atoms with Crippen LogP contribution in [0.15, 0.2) is 34.7 Å². The first-order valence-corrected chi connectivity index (χ1v) is 10.8. The van der Waals surface area contributed by atoms with Gasteiger partial charge >= 0.3 is 0 Å². The molecule has 1 aliphatic carbocycles. The van der Waals surface area contributed by atoms with Crippen LogP contribution in [0.2, 0.25) is 10.0 Å². The first-order valence-electron chi connectivity index (χ1n) is 9.26. The van der Waals surface area contributed by atoms with Crippen LogP contribution in [0.1, 0.15) is 46.1 Å². The lowest BCUT2D eigenvalue weighted by Gasteiger charge is -2.25. The van der Waals surface area contributed by atoms with Gasteiger partial charge in [-0.15, -0.1) is 11.3 Å². The summed E-state index contributed by atoms with van der Waals surface area (Å²) in [5, 5.41) is 8.52. The average Bonchev–Trinajstić information content (AvgIpc) is 3.25. The summed E-state index contributed by atoms with van der Waals surface area (Å²) in [6.45, 7) is 2.27. The van der Waals surface area contributed by atoms with E-state index < -0.39 is 6.17 Å². The third-order valence-corrected chi connectivity index (χ3v) is 6.97. The van der Waals surface area contributed by atoms with Crippen molar-refractivity contribution < 1.29 is 9.21 Å². The van der Waals surface area contributed by atoms with E-state index in [4.69, 9.17) is 27.6 Å². The standard InChI is InChI=1S/C21H18Cl2N2O2S/c1-10-2-3-14-17(6-10)28-21-18(14)20(26)24-19(25-21)16-5-4-15(27-16)11-7-12(22)9-13(23)8-11/h4-5,7-10,19,25H,2-3,6H2,1H3,(H,24,26)/t10-,19-/m0/s1. The second kappa shape index (κ2) is 6.83. The van der Waals surface area contributed by atoms with Crippen molar-refractivity contribution in [2.24, 2.45) is 5.92 Å². The number of benzene rings is 1. The highest BCUT2D eigenvalue weighted by atomic mass is 35.5. The average molecular weight is 433 g/mol. The van der Waals surface area contributed by atoms with Gasteiger partial charge in [-0.25, -0.2) is 0 Å². The van der Waals surface area contributed by atoms with Gasteiger partial charge in [0, 0.05) is 20.5 Å². The molecule has 0 saturated carbocycles. The smallest absolute Gasteiger partial charge is 0.256 e. The number of hydrogen-bond acceptors (Lipinski definition) is 4. The van der Waals surface area contributed by atoms with Crippen LogP contribution in [-0.2, 0) is 12.8 Å². The van der Waals surface area contributed by atoms with Gasteiger partial charge < -0.3 is 15.1 Å². The van der Waals surface area contributed by atoms with Gasteiger partial charge in [0.25, 0.3) is 5.91 Å². The number of hydrogen-bond donors (Lipinski definition) is 2. The van der Waals surface area contributed by atoms with E-state index in [1.54, 1.807) is 29.5 Å². The quantitative estimate of drug-likeness (QED) is 0.499. The largest absolute Gasteiger partial charge is 0.457 e. The number of furan rings is 1. The van der Waals surface area contributed by atoms with Gasteiger partial charge in [-0.1, -0.05) is 30.1 Å². The predicted octanol–water partition coefficient (Wildman–Crippen LogP) is 6.29. The Kier molecular flexibility index (Phi) is 4.42. The van der Waals surface area contributed by atoms with Gasteiger partial charge in [-0.05, 0) is 61.1 Å². The highest BCUT2D eigenvalue weighted by Crippen LogP contribution is 2.43. The Labute approximate surface area is 176 Å². The second-order valence-corrected chi connectivity index (χ2v) is 9.44. The number of fused-ring (bicyclic) bond motifs is 3. The number of anilines is 1. The Morgan fingerprint density at radius 2 is 1.93 bits per heavy atom. The molecule has 1 amide bonds. The first kappa shape index (κ1) is 18.1. The summed E-state index contributed by atoms with van der Waals surface area (Å²) in [6, 6.07) is 9.01. The normalized spacial score (nSPS) is 20.9. The van der Waals surface area contributed by atoms with Gasteiger partial charge in [0.2, 0.25) is 0 Å². The molecule has 0 radical (unpaired) electrons. The Balaban J connectivity index is 1.45. The van der Waals surface area contributed by atoms with E-state index in [0.29, 0.717) is 27.5 Å². The zero-order valence-corrected chi connectivity index (χ0v) is 17.5. The van der Waals surface area contributed by atoms with E-state index >= 15 is 0 Å². The summed E-state index contributed by atoms with van der Waals surface area (Å²) in [4.78, 5) is 14.2. The van der Waals surface area contributed by atoms with Crippen molar-refractivity contribution in [2.45, 2.75) is 32.4 Å². The van der Waals surface area contributed by atoms with Crippen LogP contribution in [-0.4, -0.2) is 5.91 Å². The molecule has 0 saturated heterocycles. The SMILES string of the molecule is C[C@H]1CCc2c(sc3c2C(=O)N[C@H](c2ccc(-c4cc(Cl)cc(Cl)c4)o2)N3)C1. The number of rotatable bonds is 2. The molecular weight excluding hydrogens is 415 g/mol. The van der Waals surface area contributed by atoms with Crippen molar-refractivity contribution in [2.75, 3.05) is 5.32 Å². The molecule has 1 aliphatic heterocycles. The lowest BCUT2D eigenvalue weighted by molar-refractivity contribution is 0.0930. The summed E-state index contributed by atoms with van der Waals surface area (Å²) < 4.78 is 6.01. The lowest BCUT2D eigenvalue weighted by Crippen LogP contribution is -2.38. The molecular formula is C21H18Cl2N2O2S. The fourth-order valence-corrected chi connectivity index (χ4v) is 5.93. The Bertz CT molecular complexity index is 1070. The third-order valence-electron chi connectivity index (χ3n) is 5.35. The van der Waals surface area contributed by atoms with Gasteiger partial charge in [-0.2, -0.15) is 0 Å². The third kappa shape index (κ3) is 3.11. The fourth-order valence-electron chi connectivity index (χ4n) is 3.96. The number of carbonyl (C=O) groups excluding carboxylic acids is 1. The molecule has 2 atom stereocenters. The minimum Gasteiger partial charge on any atom is -0.457 e. The van der Waals surface area contributed by atoms with E-state index in [9.17, 15) is 4.79 Å². The van der Waals surface area contributed by atoms with Gasteiger partial charge in [-0.3, -0.25) is 4.79 Å². The number of nitrogens with one attached hydrogen (secondary N) is 2. The number of thiophene rings is 1. The molecule has 0 spiro atoms. The Morgan fingerprint density at radius 1 is 1.14 bits per heavy atom. The Hall–Kier alpha value is -1.95. The summed E-state index contributed by atoms with van der Waals surface area (Å²) >= 11 is 13.9. The molecule has 144 valence electrons. The molecule has 0 fully saturated rings. The fraction of sp³-hybridized carbons (Fsp3) is 0.286. The lowest BCUT2D eigenvalue weighted by atomic mass is 9.88. The zero-order chi connectivity index (χ0) is 19.4. The molecule has 28 heavy (non-hydrogen) atoms. The van der Waals surface area contributed by atoms with Gasteiger partial charge in [0.1, 0.15) is 16.5 Å². The molecule has 2 aliphatic rings. The molecule has 5 rings (SSSR count). The Morgan fingerprint density at radius 3 is 2.71 bits per heavy atom. The van der Waals surface area contributed by atoms with Crippen LogP contribution in [0.5, 0.6) is 0 Å². The molecule has 0 bridgehead atoms. The van der Waals surface area contributed by atoms with Crippen LogP contribution < -0.4 is 10.6 Å². The number of carbonyl (C=O) groups is 1. The van der Waals surface area contributed by atoms with Crippen molar-refractivity contribution in [3.63, 3.8) is 0 Å². The minimum absolute atomic E-state index is 0.0328. The van der Waals surface area contributed by atoms with Crippen LogP contribution >= 0.6 is 34.5 Å². The topological polar surface area (TPSA) is 54.3 Å². The maximum atomic E-state index is 12.8. The molecule has 2 N–H and O–H groups in total. The summed E-state index contributed by atoms with van der Waals surface area (Å²) in [5.74, 6) is 1.93. The second-order valence-electron chi connectivity index (χ2n) is 7.47. The minimum atomic E-state index is -0.402. The van der Waals surface area contributed by atoms with Gasteiger partial charge in [0.05, 0.1) is 5.56 Å². The van der Waals surface area contributed by atoms with E-state index in [0.717, 1.165) is 35.4 Å². The van der Waals surface area contributed by atoms with Gasteiger partial charge in [0.15, 0.2) is 6.17 Å². The van der Waals surface area contributed by atoms with Crippen molar-refractivity contribution >= 4 is 45.4 Å². The summed E-state index contributed by atoms with van der Waals surface area (Å²) in [7, 11) is 0. The van der Waals surface area contributed by atoms with Crippen molar-refractivity contribution in [1.82, 2.24) is 5.32 Å². The first-order chi connectivity index (χ1) is 13.5. The summed E-state index contributed by atoms with van der Waals surface area (Å²) in [6.07, 6.45) is 2.76. The van der Waals surface area contributed by atoms with E-state index in [2.05, 4.69) is 17.6 Å². The maximum Gasteiger partial charge on any atom is 0.256 e. The molecule has 2 aromatic heterocycles. The highest BCUT2D eigenvalue weighted by Gasteiger charge is 2.34. The van der Waals surface area contributed by atoms with E-state index in [-0.39, 0.29) is 5.91 Å². The van der Waals surface area contributed by atoms with Crippen molar-refractivity contribution in [1.29, 1.82) is 0 Å². The zero-order valence-electron chi connectivity index (χ0n) is 15.1. The molecule has 7 heteroatoms. The van der Waals surface area contributed by atoms with Crippen LogP contribution in [0, 0.1) is 5.92 Å². The monoisotopic (exact) mass is 432 g/mol. The van der Waals surface area contributed by atoms with Crippen LogP contribution in [0.25, 0.3) is 11.3 Å². The van der Waals surface area contributed by atoms with Crippen LogP contribution in [0.3, 0.4) is 0 Å². The van der Waals surface area contributed by atoms with E-state index in [1.165, 1.54) is 10.4 Å². The predicted molar refractivity (Wildman–Crippen MR) is 114 cm³/mol. The number of amides is 1. The molecule has 1 aromatic carbocycles. The number of halogens is 2. The molecule has 3 aromatic rings.